The zero-order valence-electron chi connectivity index (χ0n) is 8.25. The van der Waals surface area contributed by atoms with E-state index in [9.17, 15) is 18.0 Å². The van der Waals surface area contributed by atoms with Crippen LogP contribution >= 0.6 is 12.4 Å². The Morgan fingerprint density at radius 3 is 2.33 bits per heavy atom. The third-order valence-electron chi connectivity index (χ3n) is 2.22. The van der Waals surface area contributed by atoms with Gasteiger partial charge in [0, 0.05) is 13.6 Å². The van der Waals surface area contributed by atoms with Crippen molar-refractivity contribution in [2.24, 2.45) is 11.7 Å². The van der Waals surface area contributed by atoms with Crippen molar-refractivity contribution in [3.05, 3.63) is 0 Å². The van der Waals surface area contributed by atoms with Crippen molar-refractivity contribution in [1.29, 1.82) is 0 Å². The Hall–Kier alpha value is -0.490. The first-order chi connectivity index (χ1) is 6.32. The van der Waals surface area contributed by atoms with Crippen LogP contribution in [0, 0.1) is 5.92 Å². The van der Waals surface area contributed by atoms with Crippen LogP contribution in [0.25, 0.3) is 0 Å². The molecule has 1 atom stereocenters. The van der Waals surface area contributed by atoms with Crippen LogP contribution in [0.2, 0.25) is 0 Å². The normalized spacial score (nSPS) is 17.9. The number of likely N-dealkylation sites (N-methyl/N-ethyl adjacent to an activating group) is 1. The molecule has 3 nitrogen and oxygen atoms in total. The fourth-order valence-electron chi connectivity index (χ4n) is 1.16. The average molecular weight is 247 g/mol. The van der Waals surface area contributed by atoms with Crippen LogP contribution in [0.3, 0.4) is 0 Å². The first-order valence-electron chi connectivity index (χ1n) is 4.39. The standard InChI is InChI=1S/C8H13F3N2O.ClH/c1-13(4-5-2-3-5)7(14)6(12)8(9,10)11;/h5-6H,2-4,12H2,1H3;1H. The minimum atomic E-state index is -4.64. The summed E-state index contributed by atoms with van der Waals surface area (Å²) in [6.07, 6.45) is -2.67. The van der Waals surface area contributed by atoms with Crippen LogP contribution in [0.5, 0.6) is 0 Å². The number of hydrogen-bond donors (Lipinski definition) is 1. The Bertz CT molecular complexity index is 230. The Morgan fingerprint density at radius 2 is 2.00 bits per heavy atom. The van der Waals surface area contributed by atoms with E-state index >= 15 is 0 Å². The van der Waals surface area contributed by atoms with E-state index in [1.165, 1.54) is 7.05 Å². The van der Waals surface area contributed by atoms with E-state index in [1.807, 2.05) is 0 Å². The molecule has 1 saturated carbocycles. The van der Waals surface area contributed by atoms with Gasteiger partial charge in [-0.05, 0) is 18.8 Å². The summed E-state index contributed by atoms with van der Waals surface area (Å²) in [6, 6.07) is -2.38. The number of nitrogens with zero attached hydrogens (tertiary/aromatic N) is 1. The molecule has 1 unspecified atom stereocenters. The highest BCUT2D eigenvalue weighted by Crippen LogP contribution is 2.30. The molecule has 0 radical (unpaired) electrons. The number of halogens is 4. The molecule has 0 aromatic heterocycles. The van der Waals surface area contributed by atoms with Gasteiger partial charge < -0.3 is 10.6 Å². The number of amides is 1. The van der Waals surface area contributed by atoms with Gasteiger partial charge in [-0.3, -0.25) is 4.79 Å². The van der Waals surface area contributed by atoms with Gasteiger partial charge in [-0.2, -0.15) is 13.2 Å². The SMILES string of the molecule is CN(CC1CC1)C(=O)C(N)C(F)(F)F.Cl. The smallest absolute Gasteiger partial charge is 0.344 e. The molecule has 0 bridgehead atoms. The van der Waals surface area contributed by atoms with Gasteiger partial charge in [0.05, 0.1) is 0 Å². The molecule has 15 heavy (non-hydrogen) atoms. The topological polar surface area (TPSA) is 46.3 Å². The summed E-state index contributed by atoms with van der Waals surface area (Å²) in [7, 11) is 1.35. The van der Waals surface area contributed by atoms with Gasteiger partial charge in [0.25, 0.3) is 0 Å². The molecule has 0 aromatic rings. The summed E-state index contributed by atoms with van der Waals surface area (Å²) in [5.41, 5.74) is 4.78. The van der Waals surface area contributed by atoms with Crippen molar-refractivity contribution in [2.45, 2.75) is 25.1 Å². The average Bonchev–Trinajstić information content (AvgIpc) is 2.83. The molecule has 0 saturated heterocycles. The van der Waals surface area contributed by atoms with Crippen molar-refractivity contribution >= 4 is 18.3 Å². The van der Waals surface area contributed by atoms with Crippen molar-refractivity contribution in [1.82, 2.24) is 4.90 Å². The highest BCUT2D eigenvalue weighted by atomic mass is 35.5. The summed E-state index contributed by atoms with van der Waals surface area (Å²) < 4.78 is 36.1. The van der Waals surface area contributed by atoms with E-state index < -0.39 is 18.1 Å². The number of rotatable bonds is 3. The highest BCUT2D eigenvalue weighted by molar-refractivity contribution is 5.85. The van der Waals surface area contributed by atoms with Crippen LogP contribution in [0.4, 0.5) is 13.2 Å². The summed E-state index contributed by atoms with van der Waals surface area (Å²) >= 11 is 0. The van der Waals surface area contributed by atoms with Crippen molar-refractivity contribution in [2.75, 3.05) is 13.6 Å². The lowest BCUT2D eigenvalue weighted by atomic mass is 10.2. The lowest BCUT2D eigenvalue weighted by Gasteiger charge is -2.22. The maximum atomic E-state index is 12.0. The minimum Gasteiger partial charge on any atom is -0.344 e. The second-order valence-corrected chi connectivity index (χ2v) is 3.68. The molecule has 1 aliphatic carbocycles. The third-order valence-corrected chi connectivity index (χ3v) is 2.22. The first-order valence-corrected chi connectivity index (χ1v) is 4.39. The predicted molar refractivity (Wildman–Crippen MR) is 51.6 cm³/mol. The van der Waals surface area contributed by atoms with E-state index in [-0.39, 0.29) is 12.4 Å². The van der Waals surface area contributed by atoms with E-state index in [4.69, 9.17) is 5.73 Å². The molecule has 1 aliphatic rings. The Balaban J connectivity index is 0.00000196. The summed E-state index contributed by atoms with van der Waals surface area (Å²) in [5, 5.41) is 0. The molecule has 7 heteroatoms. The number of carbonyl (C=O) groups is 1. The number of hydrogen-bond acceptors (Lipinski definition) is 2. The summed E-state index contributed by atoms with van der Waals surface area (Å²) in [4.78, 5) is 12.2. The van der Waals surface area contributed by atoms with E-state index in [2.05, 4.69) is 0 Å². The van der Waals surface area contributed by atoms with Crippen molar-refractivity contribution in [3.8, 4) is 0 Å². The molecule has 90 valence electrons. The van der Waals surface area contributed by atoms with E-state index in [0.717, 1.165) is 17.7 Å². The molecule has 2 N–H and O–H groups in total. The molecule has 1 fully saturated rings. The van der Waals surface area contributed by atoms with Gasteiger partial charge in [-0.1, -0.05) is 0 Å². The van der Waals surface area contributed by atoms with Gasteiger partial charge in [0.15, 0.2) is 6.04 Å². The molecular formula is C8H14ClF3N2O. The number of alkyl halides is 3. The fourth-order valence-corrected chi connectivity index (χ4v) is 1.16. The summed E-state index contributed by atoms with van der Waals surface area (Å²) in [5.74, 6) is -0.686. The van der Waals surface area contributed by atoms with E-state index in [1.54, 1.807) is 0 Å². The third kappa shape index (κ3) is 4.25. The van der Waals surface area contributed by atoms with E-state index in [0.29, 0.717) is 12.5 Å². The van der Waals surface area contributed by atoms with Gasteiger partial charge in [0.2, 0.25) is 5.91 Å². The van der Waals surface area contributed by atoms with Gasteiger partial charge >= 0.3 is 6.18 Å². The molecule has 1 rings (SSSR count). The van der Waals surface area contributed by atoms with Gasteiger partial charge in [-0.25, -0.2) is 0 Å². The Labute approximate surface area is 92.2 Å². The second kappa shape index (κ2) is 5.03. The fraction of sp³-hybridized carbons (Fsp3) is 0.875. The summed E-state index contributed by atoms with van der Waals surface area (Å²) in [6.45, 7) is 0.378. The zero-order chi connectivity index (χ0) is 10.9. The quantitative estimate of drug-likeness (QED) is 0.813. The van der Waals surface area contributed by atoms with Crippen LogP contribution in [-0.2, 0) is 4.79 Å². The monoisotopic (exact) mass is 246 g/mol. The van der Waals surface area contributed by atoms with Crippen LogP contribution in [-0.4, -0.2) is 36.6 Å². The van der Waals surface area contributed by atoms with Crippen LogP contribution in [0.15, 0.2) is 0 Å². The van der Waals surface area contributed by atoms with Gasteiger partial charge in [0.1, 0.15) is 0 Å². The Morgan fingerprint density at radius 1 is 1.53 bits per heavy atom. The lowest BCUT2D eigenvalue weighted by Crippen LogP contribution is -2.51. The van der Waals surface area contributed by atoms with Crippen LogP contribution < -0.4 is 5.73 Å². The maximum absolute atomic E-state index is 12.0. The lowest BCUT2D eigenvalue weighted by molar-refractivity contribution is -0.169. The first kappa shape index (κ1) is 14.5. The predicted octanol–water partition coefficient (Wildman–Crippen LogP) is 1.17. The van der Waals surface area contributed by atoms with Crippen molar-refractivity contribution in [3.63, 3.8) is 0 Å². The molecule has 0 aromatic carbocycles. The highest BCUT2D eigenvalue weighted by Gasteiger charge is 2.43. The van der Waals surface area contributed by atoms with Crippen LogP contribution in [0.1, 0.15) is 12.8 Å². The van der Waals surface area contributed by atoms with Crippen molar-refractivity contribution < 1.29 is 18.0 Å². The largest absolute Gasteiger partial charge is 0.412 e. The minimum absolute atomic E-state index is 0. The molecule has 1 amide bonds. The molecular weight excluding hydrogens is 233 g/mol. The molecule has 0 aliphatic heterocycles. The van der Waals surface area contributed by atoms with Gasteiger partial charge in [-0.15, -0.1) is 12.4 Å². The number of nitrogens with two attached hydrogens (primary N) is 1. The second-order valence-electron chi connectivity index (χ2n) is 3.68. The molecule has 0 heterocycles. The molecule has 0 spiro atoms. The maximum Gasteiger partial charge on any atom is 0.412 e. The zero-order valence-corrected chi connectivity index (χ0v) is 9.07. The number of carbonyl (C=O) groups excluding carboxylic acids is 1. The Kier molecular flexibility index (Phi) is 4.86.